The predicted molar refractivity (Wildman–Crippen MR) is 143 cm³/mol. The van der Waals surface area contributed by atoms with E-state index in [-0.39, 0.29) is 11.5 Å². The fraction of sp³-hybridized carbons (Fsp3) is 0.167. The maximum absolute atomic E-state index is 14.5. The van der Waals surface area contributed by atoms with Gasteiger partial charge in [-0.15, -0.1) is 11.8 Å². The highest BCUT2D eigenvalue weighted by atomic mass is 32.2. The fourth-order valence-electron chi connectivity index (χ4n) is 4.37. The van der Waals surface area contributed by atoms with Gasteiger partial charge in [0.15, 0.2) is 17.3 Å². The minimum Gasteiger partial charge on any atom is -0.490 e. The Kier molecular flexibility index (Phi) is 7.12. The van der Waals surface area contributed by atoms with Crippen molar-refractivity contribution in [1.29, 1.82) is 0 Å². The number of carboxylic acid groups (broad SMARTS) is 1. The van der Waals surface area contributed by atoms with E-state index in [1.54, 1.807) is 23.9 Å². The Morgan fingerprint density at radius 3 is 2.68 bits per heavy atom. The summed E-state index contributed by atoms with van der Waals surface area (Å²) in [6.45, 7) is 2.90. The van der Waals surface area contributed by atoms with Crippen molar-refractivity contribution in [3.05, 3.63) is 101 Å². The van der Waals surface area contributed by atoms with E-state index in [4.69, 9.17) is 9.47 Å². The first-order valence-electron chi connectivity index (χ1n) is 11.9. The number of fused-ring (bicyclic) bond motifs is 1. The maximum atomic E-state index is 14.5. The molecule has 1 N–H and O–H groups in total. The van der Waals surface area contributed by atoms with Crippen LogP contribution in [0.25, 0.3) is 11.1 Å². The molecule has 0 aromatic heterocycles. The first kappa shape index (κ1) is 25.4. The highest BCUT2D eigenvalue weighted by Crippen LogP contribution is 2.47. The van der Waals surface area contributed by atoms with Gasteiger partial charge in [0.2, 0.25) is 0 Å². The molecule has 192 valence electrons. The van der Waals surface area contributed by atoms with E-state index < -0.39 is 23.2 Å². The van der Waals surface area contributed by atoms with Crippen molar-refractivity contribution in [2.24, 2.45) is 5.92 Å². The largest absolute Gasteiger partial charge is 0.490 e. The molecule has 3 aromatic rings. The number of benzene rings is 3. The van der Waals surface area contributed by atoms with E-state index in [0.717, 1.165) is 34.6 Å². The lowest BCUT2D eigenvalue weighted by Gasteiger charge is -2.28. The number of rotatable bonds is 6. The van der Waals surface area contributed by atoms with Crippen LogP contribution < -0.4 is 14.4 Å². The summed E-state index contributed by atoms with van der Waals surface area (Å²) in [4.78, 5) is 14.8. The summed E-state index contributed by atoms with van der Waals surface area (Å²) in [6, 6.07) is 12.0. The second-order valence-corrected chi connectivity index (χ2v) is 9.97. The summed E-state index contributed by atoms with van der Waals surface area (Å²) < 4.78 is 40.2. The summed E-state index contributed by atoms with van der Waals surface area (Å²) >= 11 is 1.67. The minimum absolute atomic E-state index is 0.0632. The van der Waals surface area contributed by atoms with Crippen LogP contribution in [0.1, 0.15) is 17.3 Å². The lowest BCUT2D eigenvalue weighted by atomic mass is 10.0. The van der Waals surface area contributed by atoms with Crippen molar-refractivity contribution in [3.63, 3.8) is 0 Å². The smallest absolute Gasteiger partial charge is 0.338 e. The third-order valence-electron chi connectivity index (χ3n) is 6.18. The highest BCUT2D eigenvalue weighted by Gasteiger charge is 2.26. The summed E-state index contributed by atoms with van der Waals surface area (Å²) in [5.41, 5.74) is 8.26. The quantitative estimate of drug-likeness (QED) is 0.334. The Labute approximate surface area is 223 Å². The number of allylic oxidation sites excluding steroid dienone is 3. The van der Waals surface area contributed by atoms with Crippen LogP contribution in [0.2, 0.25) is 0 Å². The molecular weight excluding hydrogens is 508 g/mol. The number of carboxylic acids is 1. The van der Waals surface area contributed by atoms with E-state index in [1.807, 2.05) is 24.3 Å². The monoisotopic (exact) mass is 531 g/mol. The number of ether oxygens (including phenoxy) is 2. The SMILES string of the molecule is COc1c(F)cccc1Oc1cc2c(cc1-c1ccc(F)c(C(=O)O)c1)SCC(C)CN2C1=CC=C=C=C1. The molecule has 0 saturated heterocycles. The third kappa shape index (κ3) is 4.98. The molecule has 0 spiro atoms. The molecule has 3 aromatic carbocycles. The summed E-state index contributed by atoms with van der Waals surface area (Å²) in [5.74, 6) is -1.17. The van der Waals surface area contributed by atoms with Crippen molar-refractivity contribution in [3.8, 4) is 28.4 Å². The van der Waals surface area contributed by atoms with Crippen LogP contribution in [0.4, 0.5) is 14.5 Å². The van der Waals surface area contributed by atoms with E-state index in [2.05, 4.69) is 23.3 Å². The van der Waals surface area contributed by atoms with Gasteiger partial charge in [-0.2, -0.15) is 0 Å². The standard InChI is InChI=1S/C30H23F2NO4S/c1-18-16-33(20-7-4-3-5-8-20)25-15-27(37-26-10-6-9-24(32)29(26)36-2)21(14-28(25)38-17-18)19-11-12-23(31)22(13-19)30(34)35/h4,6-15,18H,16-17H2,1-2H3,(H,34,35). The lowest BCUT2D eigenvalue weighted by Crippen LogP contribution is -2.27. The molecule has 1 aliphatic carbocycles. The normalized spacial score (nSPS) is 16.1. The highest BCUT2D eigenvalue weighted by molar-refractivity contribution is 7.99. The number of carbonyl (C=O) groups is 1. The predicted octanol–water partition coefficient (Wildman–Crippen LogP) is 7.44. The molecule has 0 bridgehead atoms. The molecule has 2 aliphatic rings. The average molecular weight is 532 g/mol. The second-order valence-electron chi connectivity index (χ2n) is 8.91. The summed E-state index contributed by atoms with van der Waals surface area (Å²) in [6.07, 6.45) is 5.61. The van der Waals surface area contributed by atoms with E-state index in [9.17, 15) is 18.7 Å². The number of para-hydroxylation sites is 1. The van der Waals surface area contributed by atoms with Crippen LogP contribution in [0.15, 0.2) is 88.8 Å². The Morgan fingerprint density at radius 2 is 1.95 bits per heavy atom. The van der Waals surface area contributed by atoms with Crippen LogP contribution in [0.5, 0.6) is 17.2 Å². The van der Waals surface area contributed by atoms with Crippen LogP contribution in [-0.4, -0.2) is 30.5 Å². The Bertz CT molecular complexity index is 1570. The van der Waals surface area contributed by atoms with Gasteiger partial charge >= 0.3 is 5.97 Å². The van der Waals surface area contributed by atoms with Crippen LogP contribution in [0, 0.1) is 17.6 Å². The number of methoxy groups -OCH3 is 1. The maximum Gasteiger partial charge on any atom is 0.338 e. The Morgan fingerprint density at radius 1 is 1.11 bits per heavy atom. The zero-order valence-electron chi connectivity index (χ0n) is 20.6. The van der Waals surface area contributed by atoms with E-state index >= 15 is 0 Å². The van der Waals surface area contributed by atoms with Gasteiger partial charge < -0.3 is 19.5 Å². The number of hydrogen-bond acceptors (Lipinski definition) is 5. The number of nitrogens with zero attached hydrogens (tertiary/aromatic N) is 1. The Balaban J connectivity index is 1.72. The fourth-order valence-corrected chi connectivity index (χ4v) is 5.46. The van der Waals surface area contributed by atoms with Crippen molar-refractivity contribution in [2.75, 3.05) is 24.3 Å². The molecule has 5 rings (SSSR count). The van der Waals surface area contributed by atoms with Gasteiger partial charge in [0.25, 0.3) is 0 Å². The zero-order valence-corrected chi connectivity index (χ0v) is 21.4. The number of hydrogen-bond donors (Lipinski definition) is 1. The molecule has 1 atom stereocenters. The van der Waals surface area contributed by atoms with Crippen LogP contribution in [0.3, 0.4) is 0 Å². The topological polar surface area (TPSA) is 59.0 Å². The minimum atomic E-state index is -1.38. The van der Waals surface area contributed by atoms with Gasteiger partial charge in [0, 0.05) is 34.9 Å². The number of halogens is 2. The summed E-state index contributed by atoms with van der Waals surface area (Å²) in [5, 5.41) is 9.51. The molecule has 38 heavy (non-hydrogen) atoms. The van der Waals surface area contributed by atoms with Gasteiger partial charge in [0.1, 0.15) is 11.6 Å². The molecule has 0 saturated carbocycles. The van der Waals surface area contributed by atoms with E-state index in [0.29, 0.717) is 22.8 Å². The first-order chi connectivity index (χ1) is 18.4. The van der Waals surface area contributed by atoms with Crippen LogP contribution in [-0.2, 0) is 0 Å². The zero-order chi connectivity index (χ0) is 26.8. The average Bonchev–Trinajstić information content (AvgIpc) is 3.07. The number of thioether (sulfide) groups is 1. The summed E-state index contributed by atoms with van der Waals surface area (Å²) in [7, 11) is 1.35. The van der Waals surface area contributed by atoms with Crippen molar-refractivity contribution >= 4 is 23.4 Å². The van der Waals surface area contributed by atoms with Crippen molar-refractivity contribution < 1.29 is 28.2 Å². The molecule has 1 heterocycles. The van der Waals surface area contributed by atoms with Gasteiger partial charge in [-0.3, -0.25) is 0 Å². The van der Waals surface area contributed by atoms with E-state index in [1.165, 1.54) is 31.4 Å². The van der Waals surface area contributed by atoms with Crippen molar-refractivity contribution in [2.45, 2.75) is 11.8 Å². The molecule has 0 radical (unpaired) electrons. The number of anilines is 1. The van der Waals surface area contributed by atoms with Gasteiger partial charge in [-0.05, 0) is 54.0 Å². The molecule has 0 amide bonds. The van der Waals surface area contributed by atoms with Crippen LogP contribution >= 0.6 is 11.8 Å². The van der Waals surface area contributed by atoms with Gasteiger partial charge in [0.05, 0.1) is 24.1 Å². The molecule has 1 aliphatic heterocycles. The molecule has 1 unspecified atom stereocenters. The Hall–Kier alpha value is -4.22. The third-order valence-corrected chi connectivity index (χ3v) is 7.56. The molecule has 5 nitrogen and oxygen atoms in total. The molecular formula is C30H23F2NO4S. The number of aromatic carboxylic acids is 1. The molecule has 8 heteroatoms. The van der Waals surface area contributed by atoms with Crippen molar-refractivity contribution in [1.82, 2.24) is 0 Å². The second kappa shape index (κ2) is 10.6. The first-order valence-corrected chi connectivity index (χ1v) is 12.8. The lowest BCUT2D eigenvalue weighted by molar-refractivity contribution is 0.0692. The van der Waals surface area contributed by atoms with Gasteiger partial charge in [-0.25, -0.2) is 13.6 Å². The van der Waals surface area contributed by atoms with Gasteiger partial charge in [-0.1, -0.05) is 30.5 Å². The molecule has 0 fully saturated rings.